The van der Waals surface area contributed by atoms with Gasteiger partial charge < -0.3 is 4.90 Å². The predicted molar refractivity (Wildman–Crippen MR) is 103 cm³/mol. The van der Waals surface area contributed by atoms with E-state index in [1.807, 2.05) is 17.0 Å². The Labute approximate surface area is 158 Å². The summed E-state index contributed by atoms with van der Waals surface area (Å²) in [5.41, 5.74) is 2.98. The lowest BCUT2D eigenvalue weighted by molar-refractivity contribution is -0.117. The highest BCUT2D eigenvalue weighted by Crippen LogP contribution is 2.40. The molecule has 4 rings (SSSR count). The monoisotopic (exact) mass is 388 g/mol. The minimum atomic E-state index is -3.46. The number of fused-ring (bicyclic) bond motifs is 2. The zero-order valence-electron chi connectivity index (χ0n) is 14.7. The standard InChI is InChI=1S/C19H20N2O3S2/c1-20(2)26(23,24)15-7-8-16-13(11-15)9-10-21(16)19(22)18-12-14-5-3-4-6-17(14)25-18/h3-8,11,18H,9-10,12H2,1-2H3. The molecule has 7 heteroatoms. The smallest absolute Gasteiger partial charge is 0.242 e. The van der Waals surface area contributed by atoms with Crippen LogP contribution in [0.25, 0.3) is 0 Å². The molecule has 2 aromatic rings. The first kappa shape index (κ1) is 17.6. The van der Waals surface area contributed by atoms with Crippen molar-refractivity contribution in [2.45, 2.75) is 27.9 Å². The highest BCUT2D eigenvalue weighted by molar-refractivity contribution is 8.01. The lowest BCUT2D eigenvalue weighted by atomic mass is 10.1. The van der Waals surface area contributed by atoms with Crippen LogP contribution >= 0.6 is 11.8 Å². The van der Waals surface area contributed by atoms with E-state index in [2.05, 4.69) is 12.1 Å². The average molecular weight is 389 g/mol. The van der Waals surface area contributed by atoms with Crippen LogP contribution in [0.4, 0.5) is 5.69 Å². The lowest BCUT2D eigenvalue weighted by Crippen LogP contribution is -2.36. The van der Waals surface area contributed by atoms with Crippen molar-refractivity contribution >= 4 is 33.4 Å². The van der Waals surface area contributed by atoms with Gasteiger partial charge in [-0.05, 0) is 48.2 Å². The molecule has 2 heterocycles. The van der Waals surface area contributed by atoms with Crippen molar-refractivity contribution < 1.29 is 13.2 Å². The number of amides is 1. The van der Waals surface area contributed by atoms with Gasteiger partial charge in [0.2, 0.25) is 15.9 Å². The van der Waals surface area contributed by atoms with Gasteiger partial charge >= 0.3 is 0 Å². The van der Waals surface area contributed by atoms with E-state index in [1.54, 1.807) is 30.0 Å². The van der Waals surface area contributed by atoms with Gasteiger partial charge in [0.25, 0.3) is 0 Å². The van der Waals surface area contributed by atoms with Gasteiger partial charge in [-0.2, -0.15) is 0 Å². The van der Waals surface area contributed by atoms with Crippen molar-refractivity contribution in [2.24, 2.45) is 0 Å². The summed E-state index contributed by atoms with van der Waals surface area (Å²) in [5, 5.41) is -0.108. The molecule has 0 bridgehead atoms. The van der Waals surface area contributed by atoms with Gasteiger partial charge in [-0.3, -0.25) is 4.79 Å². The molecule has 1 amide bonds. The van der Waals surface area contributed by atoms with Crippen molar-refractivity contribution in [3.8, 4) is 0 Å². The van der Waals surface area contributed by atoms with Crippen LogP contribution in [0.3, 0.4) is 0 Å². The zero-order chi connectivity index (χ0) is 18.5. The second-order valence-electron chi connectivity index (χ2n) is 6.74. The number of hydrogen-bond acceptors (Lipinski definition) is 4. The number of hydrogen-bond donors (Lipinski definition) is 0. The number of nitrogens with zero attached hydrogens (tertiary/aromatic N) is 2. The van der Waals surface area contributed by atoms with E-state index in [-0.39, 0.29) is 16.1 Å². The minimum absolute atomic E-state index is 0.105. The minimum Gasteiger partial charge on any atom is -0.311 e. The molecular formula is C19H20N2O3S2. The van der Waals surface area contributed by atoms with E-state index >= 15 is 0 Å². The lowest BCUT2D eigenvalue weighted by Gasteiger charge is -2.21. The Hall–Kier alpha value is -1.83. The Morgan fingerprint density at radius 2 is 1.92 bits per heavy atom. The van der Waals surface area contributed by atoms with Crippen LogP contribution in [-0.2, 0) is 27.7 Å². The summed E-state index contributed by atoms with van der Waals surface area (Å²) in [6.07, 6.45) is 1.43. The van der Waals surface area contributed by atoms with Gasteiger partial charge in [0.15, 0.2) is 0 Å². The van der Waals surface area contributed by atoms with Gasteiger partial charge in [0.1, 0.15) is 0 Å². The van der Waals surface area contributed by atoms with Crippen molar-refractivity contribution in [3.63, 3.8) is 0 Å². The molecule has 0 aliphatic carbocycles. The van der Waals surface area contributed by atoms with Crippen molar-refractivity contribution in [1.29, 1.82) is 0 Å². The van der Waals surface area contributed by atoms with Crippen LogP contribution < -0.4 is 4.90 Å². The molecule has 0 saturated carbocycles. The Balaban J connectivity index is 1.58. The fraction of sp³-hybridized carbons (Fsp3) is 0.316. The maximum absolute atomic E-state index is 13.0. The van der Waals surface area contributed by atoms with E-state index in [0.29, 0.717) is 13.0 Å². The second kappa shape index (κ2) is 6.40. The fourth-order valence-electron chi connectivity index (χ4n) is 3.47. The van der Waals surface area contributed by atoms with Crippen LogP contribution in [0.5, 0.6) is 0 Å². The zero-order valence-corrected chi connectivity index (χ0v) is 16.3. The quantitative estimate of drug-likeness (QED) is 0.811. The molecule has 0 saturated heterocycles. The van der Waals surface area contributed by atoms with Crippen molar-refractivity contribution in [3.05, 3.63) is 53.6 Å². The predicted octanol–water partition coefficient (Wildman–Crippen LogP) is 2.54. The van der Waals surface area contributed by atoms with Crippen molar-refractivity contribution in [1.82, 2.24) is 4.31 Å². The molecule has 5 nitrogen and oxygen atoms in total. The number of thioether (sulfide) groups is 1. The molecule has 2 aromatic carbocycles. The summed E-state index contributed by atoms with van der Waals surface area (Å²) >= 11 is 1.62. The number of carbonyl (C=O) groups excluding carboxylic acids is 1. The fourth-order valence-corrected chi connectivity index (χ4v) is 5.68. The van der Waals surface area contributed by atoms with Crippen LogP contribution in [0, 0.1) is 0 Å². The molecular weight excluding hydrogens is 368 g/mol. The summed E-state index contributed by atoms with van der Waals surface area (Å²) in [6, 6.07) is 13.2. The molecule has 1 atom stereocenters. The highest BCUT2D eigenvalue weighted by atomic mass is 32.2. The first-order valence-corrected chi connectivity index (χ1v) is 10.8. The van der Waals surface area contributed by atoms with Gasteiger partial charge in [-0.1, -0.05) is 18.2 Å². The molecule has 0 aromatic heterocycles. The molecule has 2 aliphatic heterocycles. The largest absolute Gasteiger partial charge is 0.311 e. The van der Waals surface area contributed by atoms with Gasteiger partial charge in [0, 0.05) is 31.2 Å². The second-order valence-corrected chi connectivity index (χ2v) is 10.1. The normalized spacial score (nSPS) is 18.9. The SMILES string of the molecule is CN(C)S(=O)(=O)c1ccc2c(c1)CCN2C(=O)C1Cc2ccccc2S1. The van der Waals surface area contributed by atoms with Crippen LogP contribution in [0.15, 0.2) is 52.3 Å². The molecule has 0 N–H and O–H groups in total. The summed E-state index contributed by atoms with van der Waals surface area (Å²) in [5.74, 6) is 0.105. The van der Waals surface area contributed by atoms with E-state index in [4.69, 9.17) is 0 Å². The summed E-state index contributed by atoms with van der Waals surface area (Å²) in [7, 11) is -0.420. The van der Waals surface area contributed by atoms with E-state index < -0.39 is 10.0 Å². The number of rotatable bonds is 3. The first-order chi connectivity index (χ1) is 12.4. The Morgan fingerprint density at radius 1 is 1.15 bits per heavy atom. The van der Waals surface area contributed by atoms with Crippen LogP contribution in [-0.4, -0.2) is 44.5 Å². The summed E-state index contributed by atoms with van der Waals surface area (Å²) in [6.45, 7) is 0.604. The van der Waals surface area contributed by atoms with Gasteiger partial charge in [-0.25, -0.2) is 12.7 Å². The third kappa shape index (κ3) is 2.84. The topological polar surface area (TPSA) is 57.7 Å². The number of benzene rings is 2. The average Bonchev–Trinajstić information content (AvgIpc) is 3.24. The highest BCUT2D eigenvalue weighted by Gasteiger charge is 2.35. The van der Waals surface area contributed by atoms with Crippen molar-refractivity contribution in [2.75, 3.05) is 25.5 Å². The first-order valence-electron chi connectivity index (χ1n) is 8.49. The molecule has 0 fully saturated rings. The maximum Gasteiger partial charge on any atom is 0.242 e. The molecule has 0 spiro atoms. The third-order valence-electron chi connectivity index (χ3n) is 4.91. The molecule has 0 radical (unpaired) electrons. The summed E-state index contributed by atoms with van der Waals surface area (Å²) < 4.78 is 25.9. The maximum atomic E-state index is 13.0. The van der Waals surface area contributed by atoms with Crippen LogP contribution in [0.2, 0.25) is 0 Å². The molecule has 26 heavy (non-hydrogen) atoms. The Morgan fingerprint density at radius 3 is 2.65 bits per heavy atom. The molecule has 2 aliphatic rings. The number of sulfonamides is 1. The van der Waals surface area contributed by atoms with E-state index in [1.165, 1.54) is 28.9 Å². The van der Waals surface area contributed by atoms with Crippen LogP contribution in [0.1, 0.15) is 11.1 Å². The molecule has 1 unspecified atom stereocenters. The Kier molecular flexibility index (Phi) is 4.33. The summed E-state index contributed by atoms with van der Waals surface area (Å²) in [4.78, 5) is 16.3. The number of anilines is 1. The number of carbonyl (C=O) groups is 1. The van der Waals surface area contributed by atoms with Gasteiger partial charge in [0.05, 0.1) is 10.1 Å². The van der Waals surface area contributed by atoms with E-state index in [9.17, 15) is 13.2 Å². The third-order valence-corrected chi connectivity index (χ3v) is 8.03. The molecule has 136 valence electrons. The van der Waals surface area contributed by atoms with E-state index in [0.717, 1.165) is 17.7 Å². The van der Waals surface area contributed by atoms with Gasteiger partial charge in [-0.15, -0.1) is 11.8 Å². The Bertz CT molecular complexity index is 961.